The average Bonchev–Trinajstić information content (AvgIpc) is 2.74. The lowest BCUT2D eigenvalue weighted by atomic mass is 10.2. The Morgan fingerprint density at radius 3 is 1.62 bits per heavy atom. The highest BCUT2D eigenvalue weighted by molar-refractivity contribution is 7.61. The number of benzene rings is 1. The van der Waals surface area contributed by atoms with Crippen LogP contribution in [-0.2, 0) is 6.54 Å². The molecule has 0 bridgehead atoms. The van der Waals surface area contributed by atoms with Gasteiger partial charge in [0.15, 0.2) is 8.07 Å². The van der Waals surface area contributed by atoms with Gasteiger partial charge in [-0.1, -0.05) is 18.2 Å². The zero-order valence-electron chi connectivity index (χ0n) is 18.7. The predicted molar refractivity (Wildman–Crippen MR) is 117 cm³/mol. The van der Waals surface area contributed by atoms with Crippen LogP contribution < -0.4 is 5.30 Å². The SMILES string of the molecule is CC(C)N(C(C)C)C(N(C(C)C)C(C)C)P1c2ccccc2C[N+]1(C)C. The Kier molecular flexibility index (Phi) is 6.94. The van der Waals surface area contributed by atoms with E-state index in [1.54, 1.807) is 10.9 Å². The van der Waals surface area contributed by atoms with Crippen LogP contribution in [0, 0.1) is 0 Å². The molecule has 0 spiro atoms. The Balaban J connectivity index is 2.66. The normalized spacial score (nSPS) is 19.8. The first-order valence-corrected chi connectivity index (χ1v) is 11.6. The van der Waals surface area contributed by atoms with Crippen molar-refractivity contribution in [1.82, 2.24) is 9.80 Å². The molecule has 0 amide bonds. The highest BCUT2D eigenvalue weighted by Gasteiger charge is 2.51. The topological polar surface area (TPSA) is 6.48 Å². The molecule has 0 aromatic heterocycles. The standard InChI is InChI=1S/C22H41N3P/c1-16(2)23(17(3)4)22(24(18(5)6)19(7)8)26-21-14-12-11-13-20(21)15-25(26,9)10/h11-14,16-19,22H,15H2,1-10H3/q+1. The van der Waals surface area contributed by atoms with Gasteiger partial charge in [-0.25, -0.2) is 0 Å². The molecule has 1 aromatic rings. The molecular weight excluding hydrogens is 337 g/mol. The van der Waals surface area contributed by atoms with Crippen LogP contribution in [0.5, 0.6) is 0 Å². The van der Waals surface area contributed by atoms with Crippen LogP contribution in [0.25, 0.3) is 0 Å². The number of quaternary nitrogens is 1. The number of hydrogen-bond acceptors (Lipinski definition) is 2. The predicted octanol–water partition coefficient (Wildman–Crippen LogP) is 4.82. The minimum atomic E-state index is -0.387. The van der Waals surface area contributed by atoms with Crippen molar-refractivity contribution in [3.8, 4) is 0 Å². The minimum absolute atomic E-state index is 0.387. The largest absolute Gasteiger partial charge is 0.305 e. The van der Waals surface area contributed by atoms with Gasteiger partial charge in [0, 0.05) is 35.0 Å². The van der Waals surface area contributed by atoms with Gasteiger partial charge >= 0.3 is 0 Å². The summed E-state index contributed by atoms with van der Waals surface area (Å²) in [7, 11) is 4.49. The molecule has 1 atom stereocenters. The van der Waals surface area contributed by atoms with Crippen molar-refractivity contribution < 1.29 is 4.25 Å². The molecule has 26 heavy (non-hydrogen) atoms. The molecule has 0 N–H and O–H groups in total. The Morgan fingerprint density at radius 1 is 0.769 bits per heavy atom. The van der Waals surface area contributed by atoms with Crippen molar-refractivity contribution in [2.45, 2.75) is 92.0 Å². The first-order chi connectivity index (χ1) is 12.0. The first kappa shape index (κ1) is 21.8. The molecule has 1 heterocycles. The summed E-state index contributed by atoms with van der Waals surface area (Å²) in [6.45, 7) is 20.1. The van der Waals surface area contributed by atoms with Gasteiger partial charge in [0.25, 0.3) is 0 Å². The molecule has 148 valence electrons. The molecule has 4 heteroatoms. The van der Waals surface area contributed by atoms with Gasteiger partial charge in [-0.05, 0) is 61.5 Å². The van der Waals surface area contributed by atoms with Crippen molar-refractivity contribution >= 4 is 13.4 Å². The van der Waals surface area contributed by atoms with E-state index < -0.39 is 0 Å². The monoisotopic (exact) mass is 378 g/mol. The minimum Gasteiger partial charge on any atom is -0.305 e. The van der Waals surface area contributed by atoms with E-state index in [2.05, 4.69) is 104 Å². The molecule has 0 fully saturated rings. The second-order valence-corrected chi connectivity index (χ2v) is 12.1. The summed E-state index contributed by atoms with van der Waals surface area (Å²) in [5.74, 6) is 0.448. The van der Waals surface area contributed by atoms with Crippen LogP contribution in [0.2, 0.25) is 0 Å². The van der Waals surface area contributed by atoms with E-state index in [0.29, 0.717) is 30.1 Å². The van der Waals surface area contributed by atoms with Crippen LogP contribution in [0.4, 0.5) is 0 Å². The van der Waals surface area contributed by atoms with E-state index >= 15 is 0 Å². The van der Waals surface area contributed by atoms with Gasteiger partial charge in [-0.3, -0.25) is 9.80 Å². The van der Waals surface area contributed by atoms with Crippen LogP contribution in [0.3, 0.4) is 0 Å². The van der Waals surface area contributed by atoms with Gasteiger partial charge in [0.05, 0.1) is 14.1 Å². The Labute approximate surface area is 163 Å². The van der Waals surface area contributed by atoms with Gasteiger partial charge in [0.1, 0.15) is 12.5 Å². The molecule has 1 aromatic carbocycles. The van der Waals surface area contributed by atoms with Gasteiger partial charge in [-0.15, -0.1) is 0 Å². The number of rotatable bonds is 7. The lowest BCUT2D eigenvalue weighted by molar-refractivity contribution is -0.775. The van der Waals surface area contributed by atoms with E-state index in [1.165, 1.54) is 0 Å². The summed E-state index contributed by atoms with van der Waals surface area (Å²) in [4.78, 5) is 5.54. The lowest BCUT2D eigenvalue weighted by Crippen LogP contribution is -2.59. The Bertz CT molecular complexity index is 559. The van der Waals surface area contributed by atoms with Crippen molar-refractivity contribution in [2.24, 2.45) is 0 Å². The summed E-state index contributed by atoms with van der Waals surface area (Å²) in [5, 5.41) is 1.61. The van der Waals surface area contributed by atoms with Crippen LogP contribution in [-0.4, -0.2) is 58.2 Å². The van der Waals surface area contributed by atoms with Crippen molar-refractivity contribution in [3.63, 3.8) is 0 Å². The first-order valence-electron chi connectivity index (χ1n) is 10.2. The molecule has 0 aliphatic carbocycles. The fourth-order valence-corrected chi connectivity index (χ4v) is 8.67. The van der Waals surface area contributed by atoms with E-state index in [9.17, 15) is 0 Å². The maximum absolute atomic E-state index is 2.77. The molecule has 1 aliphatic heterocycles. The zero-order valence-corrected chi connectivity index (χ0v) is 19.6. The van der Waals surface area contributed by atoms with Crippen LogP contribution >= 0.6 is 8.07 Å². The maximum atomic E-state index is 2.77. The average molecular weight is 379 g/mol. The second-order valence-electron chi connectivity index (χ2n) is 9.37. The summed E-state index contributed by atoms with van der Waals surface area (Å²) < 4.78 is 1.09. The number of fused-ring (bicyclic) bond motifs is 1. The van der Waals surface area contributed by atoms with Crippen LogP contribution in [0.15, 0.2) is 24.3 Å². The third-order valence-corrected chi connectivity index (χ3v) is 8.73. The second kappa shape index (κ2) is 8.27. The summed E-state index contributed by atoms with van der Waals surface area (Å²) in [6.07, 6.45) is 0. The molecule has 1 unspecified atom stereocenters. The molecule has 0 saturated carbocycles. The van der Waals surface area contributed by atoms with E-state index in [4.69, 9.17) is 0 Å². The Morgan fingerprint density at radius 2 is 1.19 bits per heavy atom. The maximum Gasteiger partial charge on any atom is 0.170 e. The van der Waals surface area contributed by atoms with Crippen molar-refractivity contribution in [2.75, 3.05) is 14.1 Å². The van der Waals surface area contributed by atoms with Crippen LogP contribution in [0.1, 0.15) is 61.0 Å². The van der Waals surface area contributed by atoms with E-state index in [0.717, 1.165) is 10.8 Å². The van der Waals surface area contributed by atoms with Crippen molar-refractivity contribution in [3.05, 3.63) is 29.8 Å². The summed E-state index contributed by atoms with van der Waals surface area (Å²) >= 11 is 0. The number of nitrogens with zero attached hydrogens (tertiary/aromatic N) is 3. The van der Waals surface area contributed by atoms with Gasteiger partial charge in [0.2, 0.25) is 0 Å². The molecule has 2 rings (SSSR count). The zero-order chi connectivity index (χ0) is 19.8. The molecule has 0 radical (unpaired) electrons. The number of hydrogen-bond donors (Lipinski definition) is 0. The third-order valence-electron chi connectivity index (χ3n) is 5.52. The van der Waals surface area contributed by atoms with E-state index in [1.807, 2.05) is 0 Å². The van der Waals surface area contributed by atoms with E-state index in [-0.39, 0.29) is 8.07 Å². The fourth-order valence-electron chi connectivity index (χ4n) is 4.72. The highest BCUT2D eigenvalue weighted by Crippen LogP contribution is 2.57. The smallest absolute Gasteiger partial charge is 0.170 e. The summed E-state index contributed by atoms with van der Waals surface area (Å²) in [5.41, 5.74) is 1.55. The third kappa shape index (κ3) is 4.17. The highest BCUT2D eigenvalue weighted by atomic mass is 31.1. The molecule has 0 saturated heterocycles. The molecular formula is C22H41N3P+. The Hall–Kier alpha value is -0.470. The fraction of sp³-hybridized carbons (Fsp3) is 0.727. The summed E-state index contributed by atoms with van der Waals surface area (Å²) in [6, 6.07) is 11.3. The lowest BCUT2D eigenvalue weighted by Gasteiger charge is -2.51. The van der Waals surface area contributed by atoms with Gasteiger partial charge < -0.3 is 4.25 Å². The molecule has 1 aliphatic rings. The quantitative estimate of drug-likeness (QED) is 0.496. The van der Waals surface area contributed by atoms with Crippen molar-refractivity contribution in [1.29, 1.82) is 0 Å². The molecule has 3 nitrogen and oxygen atoms in total. The van der Waals surface area contributed by atoms with Gasteiger partial charge in [-0.2, -0.15) is 0 Å².